The lowest BCUT2D eigenvalue weighted by Gasteiger charge is -2.24. The van der Waals surface area contributed by atoms with Crippen LogP contribution >= 0.6 is 0 Å². The highest BCUT2D eigenvalue weighted by Crippen LogP contribution is 2.05. The minimum Gasteiger partial charge on any atom is -0.390 e. The first-order valence-electron chi connectivity index (χ1n) is 5.81. The third kappa shape index (κ3) is 3.59. The van der Waals surface area contributed by atoms with Crippen LogP contribution in [0.2, 0.25) is 0 Å². The lowest BCUT2D eigenvalue weighted by molar-refractivity contribution is 0.0620. The van der Waals surface area contributed by atoms with Crippen molar-refractivity contribution in [1.82, 2.24) is 15.1 Å². The summed E-state index contributed by atoms with van der Waals surface area (Å²) in [6.07, 6.45) is 5.41. The summed E-state index contributed by atoms with van der Waals surface area (Å²) in [7, 11) is 0. The molecule has 0 amide bonds. The van der Waals surface area contributed by atoms with E-state index in [0.29, 0.717) is 19.1 Å². The Labute approximate surface area is 95.4 Å². The van der Waals surface area contributed by atoms with Gasteiger partial charge in [0.1, 0.15) is 0 Å². The van der Waals surface area contributed by atoms with Gasteiger partial charge in [0.2, 0.25) is 0 Å². The Kier molecular flexibility index (Phi) is 4.33. The molecule has 1 aliphatic heterocycles. The molecule has 0 aromatic carbocycles. The highest BCUT2D eigenvalue weighted by Gasteiger charge is 2.14. The fraction of sp³-hybridized carbons (Fsp3) is 0.727. The number of hydrogen-bond acceptors (Lipinski definition) is 4. The van der Waals surface area contributed by atoms with E-state index in [1.807, 2.05) is 12.3 Å². The van der Waals surface area contributed by atoms with Crippen LogP contribution in [0.4, 0.5) is 0 Å². The van der Waals surface area contributed by atoms with Gasteiger partial charge in [-0.25, -0.2) is 0 Å². The van der Waals surface area contributed by atoms with Crippen molar-refractivity contribution in [1.29, 1.82) is 0 Å². The van der Waals surface area contributed by atoms with Gasteiger partial charge >= 0.3 is 0 Å². The summed E-state index contributed by atoms with van der Waals surface area (Å²) in [4.78, 5) is 0. The maximum Gasteiger partial charge on any atom is 0.0860 e. The summed E-state index contributed by atoms with van der Waals surface area (Å²) < 4.78 is 7.10. The van der Waals surface area contributed by atoms with Crippen molar-refractivity contribution in [3.8, 4) is 0 Å². The van der Waals surface area contributed by atoms with Gasteiger partial charge in [-0.15, -0.1) is 0 Å². The third-order valence-corrected chi connectivity index (χ3v) is 2.76. The Morgan fingerprint density at radius 3 is 3.25 bits per heavy atom. The van der Waals surface area contributed by atoms with Gasteiger partial charge in [-0.3, -0.25) is 4.68 Å². The highest BCUT2D eigenvalue weighted by atomic mass is 16.5. The zero-order valence-electron chi connectivity index (χ0n) is 9.38. The maximum atomic E-state index is 9.79. The molecule has 0 saturated carbocycles. The molecule has 1 saturated heterocycles. The van der Waals surface area contributed by atoms with Crippen LogP contribution in [0.5, 0.6) is 0 Å². The second-order valence-electron chi connectivity index (χ2n) is 4.20. The van der Waals surface area contributed by atoms with Gasteiger partial charge < -0.3 is 15.2 Å². The molecule has 1 aromatic heterocycles. The fourth-order valence-corrected chi connectivity index (χ4v) is 1.89. The molecule has 2 unspecified atom stereocenters. The van der Waals surface area contributed by atoms with Gasteiger partial charge in [-0.1, -0.05) is 0 Å². The molecule has 0 aliphatic carbocycles. The van der Waals surface area contributed by atoms with Crippen molar-refractivity contribution in [2.45, 2.75) is 31.5 Å². The number of aromatic nitrogens is 2. The van der Waals surface area contributed by atoms with Gasteiger partial charge in [-0.2, -0.15) is 5.10 Å². The molecule has 2 N–H and O–H groups in total. The molecule has 1 aliphatic rings. The number of rotatable bonds is 5. The average Bonchev–Trinajstić information content (AvgIpc) is 2.81. The Hall–Kier alpha value is -0.910. The molecule has 0 radical (unpaired) electrons. The highest BCUT2D eigenvalue weighted by molar-refractivity contribution is 4.79. The quantitative estimate of drug-likeness (QED) is 0.741. The van der Waals surface area contributed by atoms with Crippen molar-refractivity contribution in [3.05, 3.63) is 18.5 Å². The van der Waals surface area contributed by atoms with E-state index in [4.69, 9.17) is 4.74 Å². The van der Waals surface area contributed by atoms with Crippen LogP contribution in [0, 0.1) is 0 Å². The number of ether oxygens (including phenoxy) is 1. The monoisotopic (exact) mass is 225 g/mol. The van der Waals surface area contributed by atoms with Crippen LogP contribution in [0.3, 0.4) is 0 Å². The fourth-order valence-electron chi connectivity index (χ4n) is 1.89. The van der Waals surface area contributed by atoms with Crippen LogP contribution in [0.1, 0.15) is 12.8 Å². The van der Waals surface area contributed by atoms with E-state index in [-0.39, 0.29) is 0 Å². The summed E-state index contributed by atoms with van der Waals surface area (Å²) in [6.45, 7) is 2.75. The molecule has 1 aromatic rings. The third-order valence-electron chi connectivity index (χ3n) is 2.76. The summed E-state index contributed by atoms with van der Waals surface area (Å²) in [5, 5.41) is 17.2. The van der Waals surface area contributed by atoms with Gasteiger partial charge in [0, 0.05) is 31.6 Å². The normalized spacial score (nSPS) is 23.2. The van der Waals surface area contributed by atoms with Crippen molar-refractivity contribution >= 4 is 0 Å². The summed E-state index contributed by atoms with van der Waals surface area (Å²) in [5.41, 5.74) is 0. The van der Waals surface area contributed by atoms with Gasteiger partial charge in [0.05, 0.1) is 19.3 Å². The van der Waals surface area contributed by atoms with Crippen molar-refractivity contribution in [3.63, 3.8) is 0 Å². The summed E-state index contributed by atoms with van der Waals surface area (Å²) in [5.74, 6) is 0. The summed E-state index contributed by atoms with van der Waals surface area (Å²) >= 11 is 0. The van der Waals surface area contributed by atoms with Crippen LogP contribution in [0.25, 0.3) is 0 Å². The average molecular weight is 225 g/mol. The molecule has 5 nitrogen and oxygen atoms in total. The largest absolute Gasteiger partial charge is 0.390 e. The zero-order valence-corrected chi connectivity index (χ0v) is 9.38. The smallest absolute Gasteiger partial charge is 0.0860 e. The first kappa shape index (κ1) is 11.6. The molecule has 2 heterocycles. The molecule has 2 rings (SSSR count). The number of nitrogens with one attached hydrogen (secondary N) is 1. The predicted octanol–water partition coefficient (Wildman–Crippen LogP) is 0.0126. The van der Waals surface area contributed by atoms with Gasteiger partial charge in [0.25, 0.3) is 0 Å². The molecule has 0 spiro atoms. The summed E-state index contributed by atoms with van der Waals surface area (Å²) in [6, 6.07) is 2.25. The van der Waals surface area contributed by atoms with Gasteiger partial charge in [-0.05, 0) is 18.9 Å². The van der Waals surface area contributed by atoms with E-state index in [1.165, 1.54) is 0 Å². The maximum absolute atomic E-state index is 9.79. The molecule has 90 valence electrons. The molecule has 0 bridgehead atoms. The van der Waals surface area contributed by atoms with E-state index < -0.39 is 6.10 Å². The standard InChI is InChI=1S/C11H19N3O2/c15-11(8-14-5-2-4-13-14)7-12-10-3-1-6-16-9-10/h2,4-5,10-12,15H,1,3,6-9H2. The molecular formula is C11H19N3O2. The minimum absolute atomic E-state index is 0.390. The van der Waals surface area contributed by atoms with Crippen LogP contribution in [-0.2, 0) is 11.3 Å². The van der Waals surface area contributed by atoms with Crippen molar-refractivity contribution < 1.29 is 9.84 Å². The lowest BCUT2D eigenvalue weighted by Crippen LogP contribution is -2.41. The zero-order chi connectivity index (χ0) is 11.2. The SMILES string of the molecule is OC(CNC1CCCOC1)Cn1cccn1. The number of nitrogens with zero attached hydrogens (tertiary/aromatic N) is 2. The Morgan fingerprint density at radius 1 is 1.62 bits per heavy atom. The van der Waals surface area contributed by atoms with E-state index in [9.17, 15) is 5.11 Å². The van der Waals surface area contributed by atoms with Crippen LogP contribution in [0.15, 0.2) is 18.5 Å². The molecule has 2 atom stereocenters. The second kappa shape index (κ2) is 5.98. The molecule has 1 fully saturated rings. The van der Waals surface area contributed by atoms with E-state index >= 15 is 0 Å². The van der Waals surface area contributed by atoms with Crippen LogP contribution < -0.4 is 5.32 Å². The topological polar surface area (TPSA) is 59.3 Å². The van der Waals surface area contributed by atoms with E-state index in [0.717, 1.165) is 26.1 Å². The number of hydrogen-bond donors (Lipinski definition) is 2. The Balaban J connectivity index is 1.65. The molecule has 5 heteroatoms. The van der Waals surface area contributed by atoms with E-state index in [1.54, 1.807) is 10.9 Å². The van der Waals surface area contributed by atoms with Crippen molar-refractivity contribution in [2.24, 2.45) is 0 Å². The first-order chi connectivity index (χ1) is 7.84. The second-order valence-corrected chi connectivity index (χ2v) is 4.20. The van der Waals surface area contributed by atoms with E-state index in [2.05, 4.69) is 10.4 Å². The first-order valence-corrected chi connectivity index (χ1v) is 5.81. The Bertz CT molecular complexity index is 283. The Morgan fingerprint density at radius 2 is 2.56 bits per heavy atom. The molecular weight excluding hydrogens is 206 g/mol. The minimum atomic E-state index is -0.401. The number of aliphatic hydroxyl groups is 1. The number of aliphatic hydroxyl groups excluding tert-OH is 1. The predicted molar refractivity (Wildman–Crippen MR) is 60.1 cm³/mol. The molecule has 16 heavy (non-hydrogen) atoms. The van der Waals surface area contributed by atoms with Crippen LogP contribution in [-0.4, -0.2) is 46.8 Å². The van der Waals surface area contributed by atoms with Crippen molar-refractivity contribution in [2.75, 3.05) is 19.8 Å². The lowest BCUT2D eigenvalue weighted by atomic mass is 10.1. The van der Waals surface area contributed by atoms with Gasteiger partial charge in [0.15, 0.2) is 0 Å².